The lowest BCUT2D eigenvalue weighted by Crippen LogP contribution is -2.34. The largest absolute Gasteiger partial charge is 0.493 e. The van der Waals surface area contributed by atoms with Crippen molar-refractivity contribution in [1.82, 2.24) is 15.1 Å². The van der Waals surface area contributed by atoms with Crippen LogP contribution in [0.5, 0.6) is 5.75 Å². The molecule has 6 nitrogen and oxygen atoms in total. The summed E-state index contributed by atoms with van der Waals surface area (Å²) >= 11 is 0. The number of nitrogens with zero attached hydrogens (tertiary/aromatic N) is 2. The minimum atomic E-state index is -0.229. The van der Waals surface area contributed by atoms with Crippen LogP contribution in [0.15, 0.2) is 30.5 Å². The van der Waals surface area contributed by atoms with Gasteiger partial charge in [0.15, 0.2) is 0 Å². The van der Waals surface area contributed by atoms with Crippen LogP contribution in [-0.2, 0) is 16.6 Å². The van der Waals surface area contributed by atoms with Crippen LogP contribution in [0, 0.1) is 18.8 Å². The molecule has 1 aromatic heterocycles. The fourth-order valence-electron chi connectivity index (χ4n) is 3.48. The highest BCUT2D eigenvalue weighted by molar-refractivity contribution is 5.80. The Hall–Kier alpha value is -2.34. The Labute approximate surface area is 167 Å². The number of hydrogen-bond donors (Lipinski definition) is 1. The van der Waals surface area contributed by atoms with E-state index in [4.69, 9.17) is 9.47 Å². The number of carbonyl (C=O) groups excluding carboxylic acids is 1. The number of amides is 1. The van der Waals surface area contributed by atoms with Gasteiger partial charge in [0.05, 0.1) is 30.9 Å². The minimum absolute atomic E-state index is 0.0263. The Balaban J connectivity index is 1.62. The second-order valence-electron chi connectivity index (χ2n) is 8.00. The zero-order valence-corrected chi connectivity index (χ0v) is 17.4. The number of aromatic nitrogens is 2. The van der Waals surface area contributed by atoms with E-state index in [-0.39, 0.29) is 24.0 Å². The normalized spacial score (nSPS) is 20.4. The summed E-state index contributed by atoms with van der Waals surface area (Å²) in [7, 11) is 1.90. The SMILES string of the molecule is Cc1c([C@H]2OCC[C@@H]2C(=O)N[C@@H](C)c2ccc(OCC(C)C)cc2)cnn1C. The number of aryl methyl sites for hydroxylation is 1. The molecule has 1 N–H and O–H groups in total. The van der Waals surface area contributed by atoms with Gasteiger partial charge in [-0.15, -0.1) is 0 Å². The maximum absolute atomic E-state index is 12.9. The fourth-order valence-corrected chi connectivity index (χ4v) is 3.48. The third kappa shape index (κ3) is 4.55. The molecule has 1 saturated heterocycles. The third-order valence-corrected chi connectivity index (χ3v) is 5.33. The molecule has 1 fully saturated rings. The second-order valence-corrected chi connectivity index (χ2v) is 8.00. The van der Waals surface area contributed by atoms with Gasteiger partial charge in [-0.3, -0.25) is 9.48 Å². The van der Waals surface area contributed by atoms with E-state index in [1.807, 2.05) is 56.0 Å². The highest BCUT2D eigenvalue weighted by Crippen LogP contribution is 2.36. The highest BCUT2D eigenvalue weighted by atomic mass is 16.5. The highest BCUT2D eigenvalue weighted by Gasteiger charge is 2.37. The molecule has 152 valence electrons. The first kappa shape index (κ1) is 20.4. The second kappa shape index (κ2) is 8.78. The van der Waals surface area contributed by atoms with Crippen molar-refractivity contribution in [1.29, 1.82) is 0 Å². The number of benzene rings is 1. The monoisotopic (exact) mass is 385 g/mol. The van der Waals surface area contributed by atoms with Gasteiger partial charge in [-0.25, -0.2) is 0 Å². The van der Waals surface area contributed by atoms with E-state index in [9.17, 15) is 4.79 Å². The van der Waals surface area contributed by atoms with E-state index in [0.29, 0.717) is 19.1 Å². The molecular weight excluding hydrogens is 354 g/mol. The zero-order chi connectivity index (χ0) is 20.3. The van der Waals surface area contributed by atoms with E-state index < -0.39 is 0 Å². The van der Waals surface area contributed by atoms with Crippen LogP contribution < -0.4 is 10.1 Å². The van der Waals surface area contributed by atoms with Crippen molar-refractivity contribution in [2.75, 3.05) is 13.2 Å². The van der Waals surface area contributed by atoms with Gasteiger partial charge >= 0.3 is 0 Å². The predicted molar refractivity (Wildman–Crippen MR) is 108 cm³/mol. The van der Waals surface area contributed by atoms with Gasteiger partial charge in [0.2, 0.25) is 5.91 Å². The molecule has 0 bridgehead atoms. The summed E-state index contributed by atoms with van der Waals surface area (Å²) in [5.41, 5.74) is 3.09. The summed E-state index contributed by atoms with van der Waals surface area (Å²) in [6, 6.07) is 7.85. The number of carbonyl (C=O) groups is 1. The number of rotatable bonds is 7. The quantitative estimate of drug-likeness (QED) is 0.789. The average molecular weight is 386 g/mol. The first-order valence-corrected chi connectivity index (χ1v) is 10.00. The summed E-state index contributed by atoms with van der Waals surface area (Å²) < 4.78 is 13.4. The van der Waals surface area contributed by atoms with Gasteiger partial charge in [-0.05, 0) is 43.9 Å². The molecule has 3 atom stereocenters. The summed E-state index contributed by atoms with van der Waals surface area (Å²) in [5.74, 6) is 1.17. The summed E-state index contributed by atoms with van der Waals surface area (Å²) in [5, 5.41) is 7.44. The van der Waals surface area contributed by atoms with Gasteiger partial charge in [0, 0.05) is 24.9 Å². The molecule has 2 heterocycles. The molecule has 2 aromatic rings. The summed E-state index contributed by atoms with van der Waals surface area (Å²) in [6.45, 7) is 9.54. The third-order valence-electron chi connectivity index (χ3n) is 5.33. The van der Waals surface area contributed by atoms with Crippen LogP contribution in [0.2, 0.25) is 0 Å². The molecule has 6 heteroatoms. The van der Waals surface area contributed by atoms with Crippen molar-refractivity contribution < 1.29 is 14.3 Å². The van der Waals surface area contributed by atoms with Gasteiger partial charge < -0.3 is 14.8 Å². The average Bonchev–Trinajstić information content (AvgIpc) is 3.27. The van der Waals surface area contributed by atoms with Crippen molar-refractivity contribution in [3.8, 4) is 5.75 Å². The fraction of sp³-hybridized carbons (Fsp3) is 0.545. The first-order valence-electron chi connectivity index (χ1n) is 10.00. The molecule has 0 spiro atoms. The van der Waals surface area contributed by atoms with Crippen molar-refractivity contribution in [3.63, 3.8) is 0 Å². The summed E-state index contributed by atoms with van der Waals surface area (Å²) in [6.07, 6.45) is 2.30. The Bertz CT molecular complexity index is 798. The van der Waals surface area contributed by atoms with Crippen molar-refractivity contribution in [2.24, 2.45) is 18.9 Å². The minimum Gasteiger partial charge on any atom is -0.493 e. The van der Waals surface area contributed by atoms with Crippen molar-refractivity contribution in [2.45, 2.75) is 46.3 Å². The summed E-state index contributed by atoms with van der Waals surface area (Å²) in [4.78, 5) is 12.9. The Morgan fingerprint density at radius 3 is 2.64 bits per heavy atom. The molecule has 1 amide bonds. The van der Waals surface area contributed by atoms with E-state index in [1.165, 1.54) is 0 Å². The van der Waals surface area contributed by atoms with Crippen LogP contribution in [0.25, 0.3) is 0 Å². The number of nitrogens with one attached hydrogen (secondary N) is 1. The first-order chi connectivity index (χ1) is 13.4. The molecule has 1 aliphatic rings. The van der Waals surface area contributed by atoms with Gasteiger partial charge in [0.25, 0.3) is 0 Å². The smallest absolute Gasteiger partial charge is 0.226 e. The molecule has 3 rings (SSSR count). The predicted octanol–water partition coefficient (Wildman–Crippen LogP) is 3.72. The lowest BCUT2D eigenvalue weighted by Gasteiger charge is -2.21. The van der Waals surface area contributed by atoms with Gasteiger partial charge in [-0.2, -0.15) is 5.10 Å². The number of hydrogen-bond acceptors (Lipinski definition) is 4. The Kier molecular flexibility index (Phi) is 6.39. The van der Waals surface area contributed by atoms with E-state index in [1.54, 1.807) is 0 Å². The van der Waals surface area contributed by atoms with E-state index in [2.05, 4.69) is 24.3 Å². The lowest BCUT2D eigenvalue weighted by molar-refractivity contribution is -0.127. The van der Waals surface area contributed by atoms with Gasteiger partial charge in [-0.1, -0.05) is 26.0 Å². The zero-order valence-electron chi connectivity index (χ0n) is 17.4. The molecule has 0 unspecified atom stereocenters. The molecule has 1 aliphatic heterocycles. The topological polar surface area (TPSA) is 65.4 Å². The van der Waals surface area contributed by atoms with Crippen molar-refractivity contribution >= 4 is 5.91 Å². The molecule has 28 heavy (non-hydrogen) atoms. The molecule has 0 radical (unpaired) electrons. The van der Waals surface area contributed by atoms with E-state index >= 15 is 0 Å². The number of ether oxygens (including phenoxy) is 2. The maximum Gasteiger partial charge on any atom is 0.226 e. The lowest BCUT2D eigenvalue weighted by atomic mass is 9.94. The molecule has 1 aromatic carbocycles. The molecular formula is C22H31N3O3. The van der Waals surface area contributed by atoms with Crippen LogP contribution in [0.4, 0.5) is 0 Å². The van der Waals surface area contributed by atoms with Crippen LogP contribution >= 0.6 is 0 Å². The van der Waals surface area contributed by atoms with Crippen molar-refractivity contribution in [3.05, 3.63) is 47.3 Å². The van der Waals surface area contributed by atoms with Gasteiger partial charge in [0.1, 0.15) is 5.75 Å². The van der Waals surface area contributed by atoms with Crippen LogP contribution in [0.1, 0.15) is 56.2 Å². The van der Waals surface area contributed by atoms with E-state index in [0.717, 1.165) is 29.0 Å². The molecule has 0 aliphatic carbocycles. The Morgan fingerprint density at radius 2 is 2.04 bits per heavy atom. The maximum atomic E-state index is 12.9. The van der Waals surface area contributed by atoms with Crippen LogP contribution in [0.3, 0.4) is 0 Å². The molecule has 0 saturated carbocycles. The standard InChI is InChI=1S/C22H31N3O3/c1-14(2)13-28-18-8-6-17(7-9-18)15(3)24-22(26)19-10-11-27-21(19)20-12-23-25(5)16(20)4/h6-9,12,14-15,19,21H,10-11,13H2,1-5H3,(H,24,26)/t15-,19-,21-/m0/s1. The van der Waals surface area contributed by atoms with Crippen LogP contribution in [-0.4, -0.2) is 28.9 Å². The Morgan fingerprint density at radius 1 is 1.32 bits per heavy atom.